The summed E-state index contributed by atoms with van der Waals surface area (Å²) < 4.78 is 0. The van der Waals surface area contributed by atoms with Crippen LogP contribution in [0.1, 0.15) is 11.6 Å². The minimum Gasteiger partial charge on any atom is -0.273 e. The zero-order chi connectivity index (χ0) is 21.5. The van der Waals surface area contributed by atoms with E-state index in [0.29, 0.717) is 10.7 Å². The van der Waals surface area contributed by atoms with Crippen molar-refractivity contribution < 1.29 is 14.4 Å². The second kappa shape index (κ2) is 8.04. The van der Waals surface area contributed by atoms with Gasteiger partial charge in [-0.3, -0.25) is 14.4 Å². The van der Waals surface area contributed by atoms with E-state index < -0.39 is 18.1 Å². The highest BCUT2D eigenvalue weighted by Crippen LogP contribution is 2.47. The molecule has 0 saturated carbocycles. The second-order valence-corrected chi connectivity index (χ2v) is 8.74. The van der Waals surface area contributed by atoms with Crippen LogP contribution in [0.4, 0.5) is 11.4 Å². The monoisotopic (exact) mass is 450 g/mol. The van der Waals surface area contributed by atoms with E-state index in [-0.39, 0.29) is 11.8 Å². The van der Waals surface area contributed by atoms with Gasteiger partial charge in [0.2, 0.25) is 5.91 Å². The Balaban J connectivity index is 1.58. The molecule has 2 fully saturated rings. The van der Waals surface area contributed by atoms with Gasteiger partial charge in [0, 0.05) is 9.92 Å². The Morgan fingerprint density at radius 1 is 0.839 bits per heavy atom. The quantitative estimate of drug-likeness (QED) is 0.408. The number of hydroxylamine groups is 1. The fourth-order valence-electron chi connectivity index (χ4n) is 4.20. The third-order valence-corrected chi connectivity index (χ3v) is 6.66. The molecule has 156 valence electrons. The molecule has 3 aromatic carbocycles. The highest BCUT2D eigenvalue weighted by Gasteiger charge is 2.60. The van der Waals surface area contributed by atoms with Crippen molar-refractivity contribution in [1.82, 2.24) is 0 Å². The lowest BCUT2D eigenvalue weighted by Gasteiger charge is -2.29. The van der Waals surface area contributed by atoms with E-state index in [1.165, 1.54) is 4.90 Å². The largest absolute Gasteiger partial charge is 0.273 e. The zero-order valence-corrected chi connectivity index (χ0v) is 18.2. The zero-order valence-electron chi connectivity index (χ0n) is 16.6. The van der Waals surface area contributed by atoms with Gasteiger partial charge in [-0.15, -0.1) is 11.8 Å². The summed E-state index contributed by atoms with van der Waals surface area (Å²) in [5.74, 6) is -1.25. The van der Waals surface area contributed by atoms with Crippen molar-refractivity contribution in [2.75, 3.05) is 16.2 Å². The van der Waals surface area contributed by atoms with Crippen LogP contribution in [0.25, 0.3) is 0 Å². The van der Waals surface area contributed by atoms with Crippen molar-refractivity contribution in [3.8, 4) is 0 Å². The number of benzene rings is 3. The molecule has 0 radical (unpaired) electrons. The molecule has 2 saturated heterocycles. The number of carbonyl (C=O) groups is 2. The average Bonchev–Trinajstić information content (AvgIpc) is 3.31. The van der Waals surface area contributed by atoms with Gasteiger partial charge in [0.15, 0.2) is 6.10 Å². The Bertz CT molecular complexity index is 1120. The van der Waals surface area contributed by atoms with Gasteiger partial charge in [-0.05, 0) is 60.4 Å². The van der Waals surface area contributed by atoms with Crippen LogP contribution < -0.4 is 9.96 Å². The van der Waals surface area contributed by atoms with Crippen LogP contribution in [0.3, 0.4) is 0 Å². The molecule has 0 aliphatic carbocycles. The van der Waals surface area contributed by atoms with Gasteiger partial charge in [0.25, 0.3) is 5.91 Å². The minimum atomic E-state index is -0.881. The summed E-state index contributed by atoms with van der Waals surface area (Å²) in [5.41, 5.74) is 2.21. The summed E-state index contributed by atoms with van der Waals surface area (Å²) in [7, 11) is 0. The van der Waals surface area contributed by atoms with E-state index in [0.717, 1.165) is 16.1 Å². The van der Waals surface area contributed by atoms with Crippen molar-refractivity contribution in [1.29, 1.82) is 0 Å². The number of para-hydroxylation sites is 1. The molecule has 3 atom stereocenters. The summed E-state index contributed by atoms with van der Waals surface area (Å²) in [4.78, 5) is 35.3. The second-order valence-electron chi connectivity index (χ2n) is 7.42. The highest BCUT2D eigenvalue weighted by atomic mass is 35.5. The summed E-state index contributed by atoms with van der Waals surface area (Å²) in [6.07, 6.45) is 1.13. The summed E-state index contributed by atoms with van der Waals surface area (Å²) in [5, 5.41) is 2.28. The number of thioether (sulfide) groups is 1. The van der Waals surface area contributed by atoms with E-state index >= 15 is 0 Å². The van der Waals surface area contributed by atoms with Crippen LogP contribution in [0, 0.1) is 5.92 Å². The normalized spacial score (nSPS) is 22.8. The lowest BCUT2D eigenvalue weighted by molar-refractivity contribution is -0.126. The number of anilines is 2. The molecule has 0 bridgehead atoms. The SMILES string of the molecule is CSc1ccc([C@H]2[C@@H]3C(=O)N(c4ccccc4)C(=O)[C@H]3ON2c2ccc(Cl)cc2)cc1. The molecule has 2 amide bonds. The first-order chi connectivity index (χ1) is 15.1. The molecule has 0 N–H and O–H groups in total. The van der Waals surface area contributed by atoms with E-state index in [4.69, 9.17) is 16.4 Å². The maximum Gasteiger partial charge on any atom is 0.266 e. The number of amides is 2. The topological polar surface area (TPSA) is 49.9 Å². The molecule has 2 aliphatic rings. The standard InChI is InChI=1S/C24H19ClN2O3S/c1-31-19-13-7-15(8-14-19)21-20-22(30-27(21)18-11-9-16(25)10-12-18)24(29)26(23(20)28)17-5-3-2-4-6-17/h2-14,20-22H,1H3/t20-,21-,22-/m0/s1. The minimum absolute atomic E-state index is 0.253. The number of hydrogen-bond acceptors (Lipinski definition) is 5. The molecule has 0 unspecified atom stereocenters. The maximum atomic E-state index is 13.5. The van der Waals surface area contributed by atoms with Crippen LogP contribution in [0.15, 0.2) is 83.8 Å². The number of hydrogen-bond donors (Lipinski definition) is 0. The predicted octanol–water partition coefficient (Wildman–Crippen LogP) is 5.11. The number of rotatable bonds is 4. The molecule has 2 heterocycles. The first-order valence-electron chi connectivity index (χ1n) is 9.87. The predicted molar refractivity (Wildman–Crippen MR) is 122 cm³/mol. The van der Waals surface area contributed by atoms with Gasteiger partial charge in [0.05, 0.1) is 17.4 Å². The van der Waals surface area contributed by atoms with Crippen molar-refractivity contribution in [3.05, 3.63) is 89.4 Å². The molecule has 0 spiro atoms. The lowest BCUT2D eigenvalue weighted by Crippen LogP contribution is -2.37. The maximum absolute atomic E-state index is 13.5. The van der Waals surface area contributed by atoms with Crippen molar-refractivity contribution >= 4 is 46.6 Å². The molecule has 5 nitrogen and oxygen atoms in total. The van der Waals surface area contributed by atoms with E-state index in [2.05, 4.69) is 0 Å². The van der Waals surface area contributed by atoms with Crippen molar-refractivity contribution in [2.45, 2.75) is 17.0 Å². The van der Waals surface area contributed by atoms with Crippen LogP contribution in [-0.4, -0.2) is 24.2 Å². The lowest BCUT2D eigenvalue weighted by atomic mass is 9.90. The molecular weight excluding hydrogens is 432 g/mol. The number of fused-ring (bicyclic) bond motifs is 1. The first kappa shape index (κ1) is 20.1. The number of carbonyl (C=O) groups excluding carboxylic acids is 2. The van der Waals surface area contributed by atoms with E-state index in [1.807, 2.05) is 60.9 Å². The van der Waals surface area contributed by atoms with Crippen molar-refractivity contribution in [3.63, 3.8) is 0 Å². The molecule has 2 aliphatic heterocycles. The number of imide groups is 1. The molecule has 7 heteroatoms. The van der Waals surface area contributed by atoms with Crippen LogP contribution in [0.2, 0.25) is 5.02 Å². The molecule has 5 rings (SSSR count). The fraction of sp³-hybridized carbons (Fsp3) is 0.167. The van der Waals surface area contributed by atoms with E-state index in [9.17, 15) is 9.59 Å². The van der Waals surface area contributed by atoms with E-state index in [1.54, 1.807) is 41.1 Å². The molecular formula is C24H19ClN2O3S. The third kappa shape index (κ3) is 3.41. The van der Waals surface area contributed by atoms with Crippen LogP contribution in [-0.2, 0) is 14.4 Å². The third-order valence-electron chi connectivity index (χ3n) is 5.67. The smallest absolute Gasteiger partial charge is 0.266 e. The first-order valence-corrected chi connectivity index (χ1v) is 11.5. The summed E-state index contributed by atoms with van der Waals surface area (Å²) in [6.45, 7) is 0. The fourth-order valence-corrected chi connectivity index (χ4v) is 4.73. The average molecular weight is 451 g/mol. The Morgan fingerprint density at radius 2 is 1.52 bits per heavy atom. The van der Waals surface area contributed by atoms with Crippen LogP contribution >= 0.6 is 23.4 Å². The summed E-state index contributed by atoms with van der Waals surface area (Å²) in [6, 6.07) is 23.8. The Hall–Kier alpha value is -2.80. The van der Waals surface area contributed by atoms with Gasteiger partial charge >= 0.3 is 0 Å². The van der Waals surface area contributed by atoms with Gasteiger partial charge in [0.1, 0.15) is 5.92 Å². The summed E-state index contributed by atoms with van der Waals surface area (Å²) >= 11 is 7.71. The van der Waals surface area contributed by atoms with Gasteiger partial charge < -0.3 is 0 Å². The Morgan fingerprint density at radius 3 is 2.16 bits per heavy atom. The van der Waals surface area contributed by atoms with Gasteiger partial charge in [-0.2, -0.15) is 0 Å². The molecule has 0 aromatic heterocycles. The number of nitrogens with zero attached hydrogens (tertiary/aromatic N) is 2. The number of halogens is 1. The van der Waals surface area contributed by atoms with Crippen molar-refractivity contribution in [2.24, 2.45) is 5.92 Å². The van der Waals surface area contributed by atoms with Gasteiger partial charge in [-0.25, -0.2) is 9.96 Å². The molecule has 31 heavy (non-hydrogen) atoms. The molecule has 3 aromatic rings. The van der Waals surface area contributed by atoms with Crippen LogP contribution in [0.5, 0.6) is 0 Å². The highest BCUT2D eigenvalue weighted by molar-refractivity contribution is 7.98. The Kier molecular flexibility index (Phi) is 5.22. The van der Waals surface area contributed by atoms with Gasteiger partial charge in [-0.1, -0.05) is 41.9 Å². The Labute approximate surface area is 189 Å².